The molecule has 0 aliphatic heterocycles. The summed E-state index contributed by atoms with van der Waals surface area (Å²) in [5.74, 6) is 0. The van der Waals surface area contributed by atoms with E-state index in [0.29, 0.717) is 10.2 Å². The Morgan fingerprint density at radius 3 is 1.20 bits per heavy atom. The van der Waals surface area contributed by atoms with Crippen molar-refractivity contribution in [2.45, 2.75) is 0 Å². The minimum absolute atomic E-state index is 0. The van der Waals surface area contributed by atoms with E-state index < -0.39 is 0 Å². The molecule has 0 nitrogen and oxygen atoms in total. The Morgan fingerprint density at radius 2 is 1.20 bits per heavy atom. The van der Waals surface area contributed by atoms with Crippen LogP contribution >= 0.6 is 31.6 Å². The van der Waals surface area contributed by atoms with Crippen molar-refractivity contribution in [2.75, 3.05) is 0 Å². The molecule has 0 fully saturated rings. The largest absolute Gasteiger partial charge is 0.0523 e. The number of hydrogen-bond donors (Lipinski definition) is 0. The van der Waals surface area contributed by atoms with E-state index in [2.05, 4.69) is 21.4 Å². The van der Waals surface area contributed by atoms with Gasteiger partial charge in [0, 0.05) is 56.2 Å². The van der Waals surface area contributed by atoms with Crippen LogP contribution in [0.15, 0.2) is 0 Å². The minimum Gasteiger partial charge on any atom is -0.0261 e. The molecule has 0 aliphatic carbocycles. The Morgan fingerprint density at radius 1 is 1.20 bits per heavy atom. The van der Waals surface area contributed by atoms with Gasteiger partial charge in [-0.05, 0) is 21.4 Å². The van der Waals surface area contributed by atoms with Crippen molar-refractivity contribution in [1.29, 1.82) is 0 Å². The predicted octanol–water partition coefficient (Wildman–Crippen LogP) is 1.65. The molecule has 0 bridgehead atoms. The molecule has 33 valence electrons. The van der Waals surface area contributed by atoms with E-state index in [4.69, 9.17) is 0 Å². The number of halogens is 2. The Kier molecular flexibility index (Phi) is 49.6. The Hall–Kier alpha value is 2.77. The zero-order chi connectivity index (χ0) is 2.71. The number of rotatable bonds is 0. The molecule has 0 aromatic heterocycles. The average Bonchev–Trinajstić information content (AvgIpc) is 0.918. The molecule has 0 heterocycles. The second-order valence-corrected chi connectivity index (χ2v) is 1.57. The van der Waals surface area contributed by atoms with Gasteiger partial charge in [0.1, 0.15) is 0 Å². The van der Waals surface area contributed by atoms with Gasteiger partial charge in [0.25, 0.3) is 0 Å². The summed E-state index contributed by atoms with van der Waals surface area (Å²) in [5, 5.41) is 0. The molecule has 0 spiro atoms. The van der Waals surface area contributed by atoms with Crippen LogP contribution in [0.4, 0.5) is 0 Å². The molecule has 0 aromatic rings. The van der Waals surface area contributed by atoms with Crippen LogP contribution in [0.3, 0.4) is 0 Å². The van der Waals surface area contributed by atoms with Crippen LogP contribution in [0.1, 0.15) is 0 Å². The standard InChI is InChI=1S/Cl2S.Er.Li/c1-3-2;;. The summed E-state index contributed by atoms with van der Waals surface area (Å²) in [7, 11) is 10.1. The minimum atomic E-state index is 0. The van der Waals surface area contributed by atoms with Gasteiger partial charge in [0.2, 0.25) is 0 Å². The van der Waals surface area contributed by atoms with E-state index in [9.17, 15) is 0 Å². The molecular formula is Cl2ErLiS. The van der Waals surface area contributed by atoms with Gasteiger partial charge < -0.3 is 0 Å². The van der Waals surface area contributed by atoms with Crippen LogP contribution in [0.5, 0.6) is 0 Å². The average molecular weight is 277 g/mol. The molecule has 0 aliphatic rings. The monoisotopic (exact) mass is 275 g/mol. The molecule has 0 amide bonds. The van der Waals surface area contributed by atoms with Crippen molar-refractivity contribution >= 4 is 50.4 Å². The van der Waals surface area contributed by atoms with Gasteiger partial charge in [-0.15, -0.1) is 0 Å². The first-order chi connectivity index (χ1) is 1.41. The summed E-state index contributed by atoms with van der Waals surface area (Å²) in [5.41, 5.74) is 0. The second kappa shape index (κ2) is 15.9. The zero-order valence-electron chi connectivity index (χ0n) is 2.45. The maximum atomic E-state index is 4.68. The van der Waals surface area contributed by atoms with Crippen molar-refractivity contribution in [3.63, 3.8) is 0 Å². The van der Waals surface area contributed by atoms with Crippen molar-refractivity contribution in [3.05, 3.63) is 0 Å². The van der Waals surface area contributed by atoms with E-state index in [1.165, 1.54) is 0 Å². The molecule has 0 saturated carbocycles. The molecule has 0 N–H and O–H groups in total. The quantitative estimate of drug-likeness (QED) is 0.607. The van der Waals surface area contributed by atoms with Gasteiger partial charge in [0.15, 0.2) is 0 Å². The van der Waals surface area contributed by atoms with Crippen LogP contribution in [0.25, 0.3) is 0 Å². The van der Waals surface area contributed by atoms with Crippen molar-refractivity contribution in [2.24, 2.45) is 0 Å². The predicted molar refractivity (Wildman–Crippen MR) is 25.1 cm³/mol. The fraction of sp³-hybridized carbons (Fsp3) is 0. The van der Waals surface area contributed by atoms with E-state index in [-0.39, 0.29) is 56.2 Å². The molecule has 1 radical (unpaired) electrons. The topological polar surface area (TPSA) is 0 Å². The van der Waals surface area contributed by atoms with Crippen LogP contribution in [-0.2, 0) is 0 Å². The molecular weight excluding hydrogens is 277 g/mol. The van der Waals surface area contributed by atoms with Gasteiger partial charge >= 0.3 is 0 Å². The normalized spacial score (nSPS) is 3.60. The number of hydrogen-bond acceptors (Lipinski definition) is 1. The van der Waals surface area contributed by atoms with Gasteiger partial charge in [-0.2, -0.15) is 0 Å². The first-order valence-electron chi connectivity index (χ1n) is 0.309. The first-order valence-corrected chi connectivity index (χ1v) is 2.78. The summed E-state index contributed by atoms with van der Waals surface area (Å²) in [6.45, 7) is 0. The van der Waals surface area contributed by atoms with Crippen LogP contribution < -0.4 is 0 Å². The first kappa shape index (κ1) is 15.7. The summed E-state index contributed by atoms with van der Waals surface area (Å²) in [6.07, 6.45) is 0. The molecule has 0 unspecified atom stereocenters. The Bertz CT molecular complexity index is 9.61. The van der Waals surface area contributed by atoms with Crippen LogP contribution in [0, 0.1) is 37.3 Å². The van der Waals surface area contributed by atoms with Crippen LogP contribution in [-0.4, -0.2) is 18.9 Å². The summed E-state index contributed by atoms with van der Waals surface area (Å²) in [4.78, 5) is 0. The van der Waals surface area contributed by atoms with Gasteiger partial charge in [-0.1, -0.05) is 0 Å². The summed E-state index contributed by atoms with van der Waals surface area (Å²) in [6, 6.07) is 0. The maximum Gasteiger partial charge on any atom is 0.0523 e. The van der Waals surface area contributed by atoms with E-state index >= 15 is 0 Å². The molecule has 0 aromatic carbocycles. The fourth-order valence-electron chi connectivity index (χ4n) is 0. The van der Waals surface area contributed by atoms with E-state index in [1.807, 2.05) is 0 Å². The smallest absolute Gasteiger partial charge is 0.0261 e. The van der Waals surface area contributed by atoms with Crippen molar-refractivity contribution in [1.82, 2.24) is 0 Å². The molecule has 5 heavy (non-hydrogen) atoms. The van der Waals surface area contributed by atoms with Crippen LogP contribution in [0.2, 0.25) is 0 Å². The Labute approximate surface area is 86.1 Å². The molecule has 0 rings (SSSR count). The summed E-state index contributed by atoms with van der Waals surface area (Å²) < 4.78 is 0. The SMILES string of the molecule is ClSCl.[Er].[Li]. The molecule has 0 atom stereocenters. The second-order valence-electron chi connectivity index (χ2n) is 0.0583. The zero-order valence-corrected chi connectivity index (χ0v) is 6.63. The molecule has 5 heteroatoms. The van der Waals surface area contributed by atoms with E-state index in [0.717, 1.165) is 0 Å². The fourth-order valence-corrected chi connectivity index (χ4v) is 0. The third-order valence-electron chi connectivity index (χ3n) is 0. The third-order valence-corrected chi connectivity index (χ3v) is 0. The maximum absolute atomic E-state index is 4.68. The third kappa shape index (κ3) is 20.1. The van der Waals surface area contributed by atoms with E-state index in [1.54, 1.807) is 0 Å². The molecule has 0 saturated heterocycles. The van der Waals surface area contributed by atoms with Gasteiger partial charge in [-0.3, -0.25) is 0 Å². The van der Waals surface area contributed by atoms with Gasteiger partial charge in [-0.25, -0.2) is 0 Å². The Balaban J connectivity index is -0.0000000200. The van der Waals surface area contributed by atoms with Gasteiger partial charge in [0.05, 0.1) is 10.2 Å². The van der Waals surface area contributed by atoms with Crippen molar-refractivity contribution in [3.8, 4) is 0 Å². The van der Waals surface area contributed by atoms with Crippen molar-refractivity contribution < 1.29 is 37.3 Å². The summed E-state index contributed by atoms with van der Waals surface area (Å²) >= 11 is 0.